The highest BCUT2D eigenvalue weighted by Gasteiger charge is 2.20. The van der Waals surface area contributed by atoms with Gasteiger partial charge in [0, 0.05) is 5.69 Å². The van der Waals surface area contributed by atoms with Gasteiger partial charge in [0.25, 0.3) is 0 Å². The summed E-state index contributed by atoms with van der Waals surface area (Å²) in [6.45, 7) is 1.64. The lowest BCUT2D eigenvalue weighted by Gasteiger charge is -2.21. The van der Waals surface area contributed by atoms with Gasteiger partial charge in [0.15, 0.2) is 0 Å². The van der Waals surface area contributed by atoms with Gasteiger partial charge in [-0.3, -0.25) is 9.10 Å². The van der Waals surface area contributed by atoms with Crippen molar-refractivity contribution in [2.45, 2.75) is 13.3 Å². The number of anilines is 2. The van der Waals surface area contributed by atoms with Gasteiger partial charge < -0.3 is 5.32 Å². The van der Waals surface area contributed by atoms with Gasteiger partial charge in [-0.2, -0.15) is 0 Å². The Kier molecular flexibility index (Phi) is 5.56. The summed E-state index contributed by atoms with van der Waals surface area (Å²) in [7, 11) is -3.68. The van der Waals surface area contributed by atoms with Gasteiger partial charge in [0.2, 0.25) is 15.9 Å². The van der Waals surface area contributed by atoms with E-state index in [1.807, 2.05) is 19.1 Å². The number of aryl methyl sites for hydroxylation is 1. The molecule has 5 nitrogen and oxygen atoms in total. The molecule has 0 aliphatic heterocycles. The van der Waals surface area contributed by atoms with Crippen molar-refractivity contribution in [1.29, 1.82) is 0 Å². The maximum Gasteiger partial charge on any atom is 0.245 e. The maximum atomic E-state index is 13.0. The smallest absolute Gasteiger partial charge is 0.245 e. The van der Waals surface area contributed by atoms with E-state index < -0.39 is 21.7 Å². The molecule has 0 spiro atoms. The molecule has 2 rings (SSSR count). The highest BCUT2D eigenvalue weighted by molar-refractivity contribution is 7.92. The summed E-state index contributed by atoms with van der Waals surface area (Å²) in [6, 6.07) is 12.2. The molecule has 0 unspecified atom stereocenters. The van der Waals surface area contributed by atoms with E-state index in [4.69, 9.17) is 0 Å². The number of hydrogen-bond acceptors (Lipinski definition) is 3. The Hall–Kier alpha value is -2.41. The Balaban J connectivity index is 2.14. The van der Waals surface area contributed by atoms with E-state index in [9.17, 15) is 17.6 Å². The van der Waals surface area contributed by atoms with E-state index in [0.717, 1.165) is 34.7 Å². The molecule has 24 heavy (non-hydrogen) atoms. The van der Waals surface area contributed by atoms with Crippen LogP contribution in [0.2, 0.25) is 0 Å². The first kappa shape index (κ1) is 17.9. The summed E-state index contributed by atoms with van der Waals surface area (Å²) in [5.41, 5.74) is 1.96. The Bertz CT molecular complexity index is 803. The minimum Gasteiger partial charge on any atom is -0.325 e. The van der Waals surface area contributed by atoms with Gasteiger partial charge in [-0.25, -0.2) is 12.8 Å². The zero-order valence-corrected chi connectivity index (χ0v) is 14.3. The number of amides is 1. The molecule has 0 aromatic heterocycles. The predicted octanol–water partition coefficient (Wildman–Crippen LogP) is 2.79. The minimum absolute atomic E-state index is 0.232. The standard InChI is InChI=1S/C17H19FN2O3S/c1-3-13-4-8-15(9-5-13)19-17(21)12-20(24(2,22)23)16-10-6-14(18)7-11-16/h4-11H,3,12H2,1-2H3,(H,19,21). The van der Waals surface area contributed by atoms with E-state index in [2.05, 4.69) is 5.32 Å². The van der Waals surface area contributed by atoms with Gasteiger partial charge in [-0.05, 0) is 48.4 Å². The lowest BCUT2D eigenvalue weighted by molar-refractivity contribution is -0.114. The zero-order valence-electron chi connectivity index (χ0n) is 13.5. The average Bonchev–Trinajstić information content (AvgIpc) is 2.53. The highest BCUT2D eigenvalue weighted by atomic mass is 32.2. The van der Waals surface area contributed by atoms with Gasteiger partial charge in [-0.15, -0.1) is 0 Å². The molecule has 7 heteroatoms. The van der Waals surface area contributed by atoms with Crippen LogP contribution < -0.4 is 9.62 Å². The number of hydrogen-bond donors (Lipinski definition) is 1. The van der Waals surface area contributed by atoms with Crippen LogP contribution in [-0.2, 0) is 21.2 Å². The molecule has 0 fully saturated rings. The second-order valence-electron chi connectivity index (χ2n) is 5.34. The number of carbonyl (C=O) groups excluding carboxylic acids is 1. The molecule has 0 saturated carbocycles. The van der Waals surface area contributed by atoms with E-state index >= 15 is 0 Å². The zero-order chi connectivity index (χ0) is 17.7. The van der Waals surface area contributed by atoms with Crippen LogP contribution in [0, 0.1) is 5.82 Å². The first-order valence-corrected chi connectivity index (χ1v) is 9.26. The summed E-state index contributed by atoms with van der Waals surface area (Å²) in [5.74, 6) is -0.957. The molecular weight excluding hydrogens is 331 g/mol. The number of nitrogens with zero attached hydrogens (tertiary/aromatic N) is 1. The molecule has 128 valence electrons. The average molecular weight is 350 g/mol. The highest BCUT2D eigenvalue weighted by Crippen LogP contribution is 2.18. The quantitative estimate of drug-likeness (QED) is 0.871. The molecule has 0 radical (unpaired) electrons. The van der Waals surface area contributed by atoms with Crippen molar-refractivity contribution in [2.75, 3.05) is 22.4 Å². The Morgan fingerprint density at radius 1 is 1.08 bits per heavy atom. The SMILES string of the molecule is CCc1ccc(NC(=O)CN(c2ccc(F)cc2)S(C)(=O)=O)cc1. The molecule has 0 saturated heterocycles. The summed E-state index contributed by atoms with van der Waals surface area (Å²) in [6.07, 6.45) is 1.89. The van der Waals surface area contributed by atoms with Crippen molar-refractivity contribution in [3.63, 3.8) is 0 Å². The van der Waals surface area contributed by atoms with Crippen LogP contribution in [0.3, 0.4) is 0 Å². The van der Waals surface area contributed by atoms with E-state index in [-0.39, 0.29) is 12.2 Å². The summed E-state index contributed by atoms with van der Waals surface area (Å²) >= 11 is 0. The molecule has 0 aliphatic rings. The van der Waals surface area contributed by atoms with Crippen LogP contribution in [0.5, 0.6) is 0 Å². The van der Waals surface area contributed by atoms with Crippen LogP contribution in [0.15, 0.2) is 48.5 Å². The largest absolute Gasteiger partial charge is 0.325 e. The molecule has 1 amide bonds. The van der Waals surface area contributed by atoms with Crippen molar-refractivity contribution in [1.82, 2.24) is 0 Å². The lowest BCUT2D eigenvalue weighted by atomic mass is 10.1. The topological polar surface area (TPSA) is 66.5 Å². The predicted molar refractivity (Wildman–Crippen MR) is 93.0 cm³/mol. The fraction of sp³-hybridized carbons (Fsp3) is 0.235. The lowest BCUT2D eigenvalue weighted by Crippen LogP contribution is -2.37. The molecule has 2 aromatic rings. The first-order valence-electron chi connectivity index (χ1n) is 7.41. The third-order valence-electron chi connectivity index (χ3n) is 3.45. The number of rotatable bonds is 6. The van der Waals surface area contributed by atoms with Gasteiger partial charge in [0.05, 0.1) is 11.9 Å². The van der Waals surface area contributed by atoms with Gasteiger partial charge in [0.1, 0.15) is 12.4 Å². The summed E-state index contributed by atoms with van der Waals surface area (Å²) in [4.78, 5) is 12.2. The summed E-state index contributed by atoms with van der Waals surface area (Å²) < 4.78 is 37.8. The minimum atomic E-state index is -3.68. The monoisotopic (exact) mass is 350 g/mol. The molecule has 1 N–H and O–H groups in total. The van der Waals surface area contributed by atoms with E-state index in [0.29, 0.717) is 5.69 Å². The number of carbonyl (C=O) groups is 1. The van der Waals surface area contributed by atoms with Gasteiger partial charge in [-0.1, -0.05) is 19.1 Å². The van der Waals surface area contributed by atoms with Gasteiger partial charge >= 0.3 is 0 Å². The normalized spacial score (nSPS) is 11.1. The second-order valence-corrected chi connectivity index (χ2v) is 7.25. The molecular formula is C17H19FN2O3S. The van der Waals surface area contributed by atoms with E-state index in [1.54, 1.807) is 12.1 Å². The van der Waals surface area contributed by atoms with Crippen molar-refractivity contribution in [3.05, 3.63) is 59.9 Å². The fourth-order valence-electron chi connectivity index (χ4n) is 2.16. The van der Waals surface area contributed by atoms with E-state index in [1.165, 1.54) is 12.1 Å². The third kappa shape index (κ3) is 4.79. The number of nitrogens with one attached hydrogen (secondary N) is 1. The van der Waals surface area contributed by atoms with Crippen LogP contribution in [0.25, 0.3) is 0 Å². The molecule has 0 aliphatic carbocycles. The van der Waals surface area contributed by atoms with Crippen LogP contribution in [-0.4, -0.2) is 27.1 Å². The maximum absolute atomic E-state index is 13.0. The molecule has 2 aromatic carbocycles. The number of benzene rings is 2. The fourth-order valence-corrected chi connectivity index (χ4v) is 3.02. The molecule has 0 heterocycles. The Labute approximate surface area is 141 Å². The van der Waals surface area contributed by atoms with Crippen LogP contribution >= 0.6 is 0 Å². The van der Waals surface area contributed by atoms with Crippen LogP contribution in [0.1, 0.15) is 12.5 Å². The number of sulfonamides is 1. The Morgan fingerprint density at radius 2 is 1.67 bits per heavy atom. The third-order valence-corrected chi connectivity index (χ3v) is 4.59. The Morgan fingerprint density at radius 3 is 2.17 bits per heavy atom. The number of halogens is 1. The molecule has 0 atom stereocenters. The van der Waals surface area contributed by atoms with Crippen molar-refractivity contribution in [3.8, 4) is 0 Å². The second kappa shape index (κ2) is 7.44. The van der Waals surface area contributed by atoms with Crippen LogP contribution in [0.4, 0.5) is 15.8 Å². The summed E-state index contributed by atoms with van der Waals surface area (Å²) in [5, 5.41) is 2.66. The molecule has 0 bridgehead atoms. The van der Waals surface area contributed by atoms with Crippen molar-refractivity contribution < 1.29 is 17.6 Å². The van der Waals surface area contributed by atoms with Crippen molar-refractivity contribution in [2.24, 2.45) is 0 Å². The first-order chi connectivity index (χ1) is 11.3. The van der Waals surface area contributed by atoms with Crippen molar-refractivity contribution >= 4 is 27.3 Å².